The molecule has 0 radical (unpaired) electrons. The van der Waals surface area contributed by atoms with Gasteiger partial charge in [0.2, 0.25) is 0 Å². The van der Waals surface area contributed by atoms with E-state index in [0.29, 0.717) is 19.3 Å². The van der Waals surface area contributed by atoms with Gasteiger partial charge < -0.3 is 14.2 Å². The van der Waals surface area contributed by atoms with Gasteiger partial charge in [-0.05, 0) is 116 Å². The zero-order valence-corrected chi connectivity index (χ0v) is 49.9. The summed E-state index contributed by atoms with van der Waals surface area (Å²) in [5, 5.41) is 0. The summed E-state index contributed by atoms with van der Waals surface area (Å²) in [6.45, 7) is 6.38. The minimum absolute atomic E-state index is 0.0972. The first kappa shape index (κ1) is 72.5. The smallest absolute Gasteiger partial charge is 0.306 e. The van der Waals surface area contributed by atoms with Crippen molar-refractivity contribution in [3.05, 3.63) is 134 Å². The fourth-order valence-electron chi connectivity index (χ4n) is 8.47. The molecule has 0 aromatic carbocycles. The third kappa shape index (κ3) is 62.3. The molecule has 6 heteroatoms. The summed E-state index contributed by atoms with van der Waals surface area (Å²) in [4.78, 5) is 38.2. The molecule has 0 aliphatic rings. The first-order valence-corrected chi connectivity index (χ1v) is 31.7. The van der Waals surface area contributed by atoms with Gasteiger partial charge in [-0.15, -0.1) is 0 Å². The number of carbonyl (C=O) groups is 3. The van der Waals surface area contributed by atoms with Gasteiger partial charge in [0.25, 0.3) is 0 Å². The maximum atomic E-state index is 12.9. The van der Waals surface area contributed by atoms with Gasteiger partial charge in [-0.25, -0.2) is 0 Å². The Morgan fingerprint density at radius 3 is 0.818 bits per heavy atom. The van der Waals surface area contributed by atoms with Gasteiger partial charge in [-0.1, -0.05) is 276 Å². The molecule has 0 aromatic heterocycles. The van der Waals surface area contributed by atoms with Crippen LogP contribution in [0.3, 0.4) is 0 Å². The Hall–Kier alpha value is -4.45. The van der Waals surface area contributed by atoms with Gasteiger partial charge in [0.1, 0.15) is 13.2 Å². The Morgan fingerprint density at radius 2 is 0.506 bits per heavy atom. The van der Waals surface area contributed by atoms with Crippen molar-refractivity contribution in [2.24, 2.45) is 0 Å². The SMILES string of the molecule is CC/C=C\C/C=C\C/C=C\C/C=C\C/C=C\C/C=C\C/C=C\CCCCCCCCCCCC(=O)OCC(COC(=O)CCCCCCCCCCCCCCC)OC(=O)CCCC/C=C\C/C=C\C/C=C\C/C=C\CC. The first-order valence-electron chi connectivity index (χ1n) is 31.7. The van der Waals surface area contributed by atoms with Crippen LogP contribution in [0.1, 0.15) is 278 Å². The lowest BCUT2D eigenvalue weighted by Gasteiger charge is -2.18. The molecule has 1 unspecified atom stereocenters. The molecule has 0 aliphatic carbocycles. The Kier molecular flexibility index (Phi) is 60.4. The lowest BCUT2D eigenvalue weighted by Crippen LogP contribution is -2.30. The van der Waals surface area contributed by atoms with Crippen LogP contribution in [0.5, 0.6) is 0 Å². The second kappa shape index (κ2) is 64.1. The molecule has 0 saturated heterocycles. The standard InChI is InChI=1S/C71H116O6/c1-4-7-10-13-16-19-22-25-27-28-29-30-31-32-33-34-35-36-37-38-39-40-41-42-44-46-49-52-55-58-61-64-70(73)76-67-68(66-75-69(72)63-60-57-54-51-48-45-24-21-18-15-12-9-6-3)77-71(74)65-62-59-56-53-50-47-43-26-23-20-17-14-11-8-5-2/h7-8,10-11,16-17,19-20,25-27,29-30,32-33,35-36,38-39,43,50,53,68H,4-6,9,12-15,18,21-24,28,31,34,37,40-42,44-49,51-52,54-67H2,1-3H3/b10-7-,11-8-,19-16-,20-17-,27-25-,30-29-,33-32-,36-35-,39-38-,43-26-,53-50-. The van der Waals surface area contributed by atoms with Crippen LogP contribution >= 0.6 is 0 Å². The third-order valence-corrected chi connectivity index (χ3v) is 13.2. The van der Waals surface area contributed by atoms with Crippen molar-refractivity contribution >= 4 is 17.9 Å². The van der Waals surface area contributed by atoms with Gasteiger partial charge in [-0.2, -0.15) is 0 Å². The van der Waals surface area contributed by atoms with E-state index in [4.69, 9.17) is 14.2 Å². The predicted molar refractivity (Wildman–Crippen MR) is 334 cm³/mol. The van der Waals surface area contributed by atoms with Crippen molar-refractivity contribution in [1.29, 1.82) is 0 Å². The molecule has 0 heterocycles. The van der Waals surface area contributed by atoms with E-state index in [1.807, 2.05) is 0 Å². The van der Waals surface area contributed by atoms with Crippen LogP contribution < -0.4 is 0 Å². The molecular formula is C71H116O6. The summed E-state index contributed by atoms with van der Waals surface area (Å²) in [5.41, 5.74) is 0. The van der Waals surface area contributed by atoms with Gasteiger partial charge in [0.15, 0.2) is 6.10 Å². The van der Waals surface area contributed by atoms with E-state index < -0.39 is 6.10 Å². The number of allylic oxidation sites excluding steroid dienone is 22. The second-order valence-corrected chi connectivity index (χ2v) is 20.6. The first-order chi connectivity index (χ1) is 38.0. The van der Waals surface area contributed by atoms with E-state index in [1.165, 1.54) is 103 Å². The van der Waals surface area contributed by atoms with E-state index in [9.17, 15) is 14.4 Å². The van der Waals surface area contributed by atoms with Gasteiger partial charge in [0, 0.05) is 19.3 Å². The predicted octanol–water partition coefficient (Wildman–Crippen LogP) is 21.8. The molecule has 0 rings (SSSR count). The molecule has 0 amide bonds. The summed E-state index contributed by atoms with van der Waals surface area (Å²) >= 11 is 0. The second-order valence-electron chi connectivity index (χ2n) is 20.6. The summed E-state index contributed by atoms with van der Waals surface area (Å²) in [6.07, 6.45) is 90.3. The normalized spacial score (nSPS) is 13.0. The molecule has 6 nitrogen and oxygen atoms in total. The Labute approximate surface area is 475 Å². The molecule has 0 fully saturated rings. The fourth-order valence-corrected chi connectivity index (χ4v) is 8.47. The number of unbranched alkanes of at least 4 members (excludes halogenated alkanes) is 23. The highest BCUT2D eigenvalue weighted by atomic mass is 16.6. The van der Waals surface area contributed by atoms with E-state index in [2.05, 4.69) is 154 Å². The van der Waals surface area contributed by atoms with Crippen molar-refractivity contribution in [1.82, 2.24) is 0 Å². The quantitative estimate of drug-likeness (QED) is 0.0261. The highest BCUT2D eigenvalue weighted by Crippen LogP contribution is 2.15. The lowest BCUT2D eigenvalue weighted by molar-refractivity contribution is -0.167. The minimum Gasteiger partial charge on any atom is -0.462 e. The van der Waals surface area contributed by atoms with E-state index in [-0.39, 0.29) is 37.5 Å². The molecule has 0 spiro atoms. The number of ether oxygens (including phenoxy) is 3. The number of hydrogen-bond donors (Lipinski definition) is 0. The number of esters is 3. The van der Waals surface area contributed by atoms with Crippen molar-refractivity contribution in [2.45, 2.75) is 284 Å². The van der Waals surface area contributed by atoms with Gasteiger partial charge >= 0.3 is 17.9 Å². The highest BCUT2D eigenvalue weighted by molar-refractivity contribution is 5.71. The zero-order chi connectivity index (χ0) is 55.7. The third-order valence-electron chi connectivity index (χ3n) is 13.2. The average molecular weight is 1070 g/mol. The average Bonchev–Trinajstić information content (AvgIpc) is 3.43. The highest BCUT2D eigenvalue weighted by Gasteiger charge is 2.19. The number of carbonyl (C=O) groups excluding carboxylic acids is 3. The number of rotatable bonds is 56. The summed E-state index contributed by atoms with van der Waals surface area (Å²) in [5.74, 6) is -0.944. The van der Waals surface area contributed by atoms with Crippen molar-refractivity contribution in [2.75, 3.05) is 13.2 Å². The molecule has 77 heavy (non-hydrogen) atoms. The lowest BCUT2D eigenvalue weighted by atomic mass is 10.0. The van der Waals surface area contributed by atoms with Crippen LogP contribution in [0.15, 0.2) is 134 Å². The van der Waals surface area contributed by atoms with Crippen LogP contribution in [0.2, 0.25) is 0 Å². The van der Waals surface area contributed by atoms with Crippen LogP contribution in [0.25, 0.3) is 0 Å². The van der Waals surface area contributed by atoms with Crippen LogP contribution in [-0.4, -0.2) is 37.2 Å². The van der Waals surface area contributed by atoms with Crippen molar-refractivity contribution < 1.29 is 28.6 Å². The van der Waals surface area contributed by atoms with Gasteiger partial charge in [-0.3, -0.25) is 14.4 Å². The molecule has 1 atom stereocenters. The van der Waals surface area contributed by atoms with Crippen molar-refractivity contribution in [3.8, 4) is 0 Å². The Balaban J connectivity index is 4.31. The van der Waals surface area contributed by atoms with E-state index >= 15 is 0 Å². The largest absolute Gasteiger partial charge is 0.462 e. The molecule has 0 saturated carbocycles. The summed E-state index contributed by atoms with van der Waals surface area (Å²) < 4.78 is 16.9. The van der Waals surface area contributed by atoms with E-state index in [0.717, 1.165) is 128 Å². The maximum Gasteiger partial charge on any atom is 0.306 e. The van der Waals surface area contributed by atoms with Crippen LogP contribution in [0, 0.1) is 0 Å². The van der Waals surface area contributed by atoms with E-state index in [1.54, 1.807) is 0 Å². The molecule has 0 N–H and O–H groups in total. The molecule has 0 bridgehead atoms. The van der Waals surface area contributed by atoms with Crippen LogP contribution in [-0.2, 0) is 28.6 Å². The zero-order valence-electron chi connectivity index (χ0n) is 49.9. The minimum atomic E-state index is -0.805. The van der Waals surface area contributed by atoms with Crippen LogP contribution in [0.4, 0.5) is 0 Å². The maximum absolute atomic E-state index is 12.9. The summed E-state index contributed by atoms with van der Waals surface area (Å²) in [6, 6.07) is 0. The fraction of sp³-hybridized carbons (Fsp3) is 0.648. The topological polar surface area (TPSA) is 78.9 Å². The molecule has 436 valence electrons. The summed E-state index contributed by atoms with van der Waals surface area (Å²) in [7, 11) is 0. The number of hydrogen-bond acceptors (Lipinski definition) is 6. The Morgan fingerprint density at radius 1 is 0.273 bits per heavy atom. The van der Waals surface area contributed by atoms with Crippen molar-refractivity contribution in [3.63, 3.8) is 0 Å². The monoisotopic (exact) mass is 1060 g/mol. The molecule has 0 aliphatic heterocycles. The molecular weight excluding hydrogens is 949 g/mol. The Bertz CT molecular complexity index is 1650. The molecule has 0 aromatic rings. The van der Waals surface area contributed by atoms with Gasteiger partial charge in [0.05, 0.1) is 0 Å².